The summed E-state index contributed by atoms with van der Waals surface area (Å²) in [5, 5.41) is 11.7. The first-order chi connectivity index (χ1) is 12.0. The zero-order chi connectivity index (χ0) is 17.7. The number of hydrogen-bond acceptors (Lipinski definition) is 2. The second-order valence-electron chi connectivity index (χ2n) is 5.50. The fourth-order valence-corrected chi connectivity index (χ4v) is 3.25. The van der Waals surface area contributed by atoms with E-state index in [0.717, 1.165) is 0 Å². The average molecular weight is 392 g/mol. The van der Waals surface area contributed by atoms with Crippen molar-refractivity contribution in [2.75, 3.05) is 0 Å². The van der Waals surface area contributed by atoms with Crippen molar-refractivity contribution in [1.29, 1.82) is 0 Å². The zero-order valence-corrected chi connectivity index (χ0v) is 14.7. The van der Waals surface area contributed by atoms with Crippen LogP contribution in [0.1, 0.15) is 21.5 Å². The zero-order valence-electron chi connectivity index (χ0n) is 12.5. The number of rotatable bonds is 2. The molecule has 1 aliphatic heterocycles. The molecule has 2 N–H and O–H groups in total. The molecule has 1 aromatic heterocycles. The molecule has 0 saturated heterocycles. The summed E-state index contributed by atoms with van der Waals surface area (Å²) in [4.78, 5) is 19.4. The predicted molar refractivity (Wildman–Crippen MR) is 99.3 cm³/mol. The van der Waals surface area contributed by atoms with Gasteiger partial charge in [0.2, 0.25) is 0 Å². The van der Waals surface area contributed by atoms with Gasteiger partial charge in [-0.2, -0.15) is 0 Å². The van der Waals surface area contributed by atoms with Crippen LogP contribution in [0, 0.1) is 0 Å². The van der Waals surface area contributed by atoms with E-state index in [1.807, 2.05) is 0 Å². The van der Waals surface area contributed by atoms with Crippen LogP contribution in [0.5, 0.6) is 5.88 Å². The molecular formula is C18H9Cl3N2O2. The van der Waals surface area contributed by atoms with Crippen LogP contribution in [0.2, 0.25) is 15.1 Å². The number of nitrogens with zero attached hydrogens (tertiary/aromatic N) is 1. The predicted octanol–water partition coefficient (Wildman–Crippen LogP) is 5.34. The molecule has 0 aliphatic carbocycles. The monoisotopic (exact) mass is 390 g/mol. The quantitative estimate of drug-likeness (QED) is 0.619. The molecular weight excluding hydrogens is 383 g/mol. The van der Waals surface area contributed by atoms with Gasteiger partial charge in [-0.1, -0.05) is 53.0 Å². The third-order valence-electron chi connectivity index (χ3n) is 3.97. The first-order valence-electron chi connectivity index (χ1n) is 7.25. The first kappa shape index (κ1) is 16.2. The third-order valence-corrected chi connectivity index (χ3v) is 4.96. The number of H-pyrrole nitrogens is 1. The topological polar surface area (TPSA) is 65.4 Å². The van der Waals surface area contributed by atoms with E-state index in [4.69, 9.17) is 34.8 Å². The van der Waals surface area contributed by atoms with E-state index < -0.39 is 5.91 Å². The lowest BCUT2D eigenvalue weighted by atomic mass is 10.0. The van der Waals surface area contributed by atoms with Crippen LogP contribution < -0.4 is 0 Å². The summed E-state index contributed by atoms with van der Waals surface area (Å²) >= 11 is 17.9. The number of nitrogens with one attached hydrogen (secondary N) is 1. The van der Waals surface area contributed by atoms with Gasteiger partial charge in [-0.3, -0.25) is 4.79 Å². The molecule has 1 aliphatic rings. The average Bonchev–Trinajstić information content (AvgIpc) is 3.10. The van der Waals surface area contributed by atoms with Crippen LogP contribution >= 0.6 is 34.8 Å². The number of hydrogen-bond donors (Lipinski definition) is 2. The van der Waals surface area contributed by atoms with Crippen molar-refractivity contribution in [3.8, 4) is 17.1 Å². The van der Waals surface area contributed by atoms with Gasteiger partial charge in [-0.25, -0.2) is 4.99 Å². The fraction of sp³-hybridized carbons (Fsp3) is 0. The molecule has 2 aromatic carbocycles. The Morgan fingerprint density at radius 3 is 2.24 bits per heavy atom. The lowest BCUT2D eigenvalue weighted by Gasteiger charge is -2.02. The molecule has 7 heteroatoms. The van der Waals surface area contributed by atoms with E-state index in [9.17, 15) is 9.90 Å². The maximum Gasteiger partial charge on any atom is 0.280 e. The van der Waals surface area contributed by atoms with Crippen LogP contribution in [0.15, 0.2) is 47.5 Å². The van der Waals surface area contributed by atoms with Crippen molar-refractivity contribution >= 4 is 46.4 Å². The molecule has 3 aromatic rings. The van der Waals surface area contributed by atoms with Gasteiger partial charge in [0.25, 0.3) is 5.91 Å². The summed E-state index contributed by atoms with van der Waals surface area (Å²) in [5.41, 5.74) is 2.84. The molecule has 1 amide bonds. The van der Waals surface area contributed by atoms with Gasteiger partial charge in [0, 0.05) is 16.1 Å². The van der Waals surface area contributed by atoms with Gasteiger partial charge in [-0.15, -0.1) is 0 Å². The summed E-state index contributed by atoms with van der Waals surface area (Å²) < 4.78 is 0. The van der Waals surface area contributed by atoms with E-state index >= 15 is 0 Å². The Kier molecular flexibility index (Phi) is 3.84. The van der Waals surface area contributed by atoms with E-state index in [1.54, 1.807) is 42.5 Å². The van der Waals surface area contributed by atoms with E-state index in [0.29, 0.717) is 48.7 Å². The Hall–Kier alpha value is -2.27. The number of aromatic hydroxyl groups is 1. The summed E-state index contributed by atoms with van der Waals surface area (Å²) in [6.07, 6.45) is 0. The maximum absolute atomic E-state index is 12.5. The van der Waals surface area contributed by atoms with Gasteiger partial charge in [0.1, 0.15) is 0 Å². The van der Waals surface area contributed by atoms with Gasteiger partial charge in [0.15, 0.2) is 5.88 Å². The second kappa shape index (κ2) is 5.92. The van der Waals surface area contributed by atoms with Gasteiger partial charge < -0.3 is 10.1 Å². The lowest BCUT2D eigenvalue weighted by Crippen LogP contribution is -1.99. The highest BCUT2D eigenvalue weighted by atomic mass is 35.5. The van der Waals surface area contributed by atoms with Crippen molar-refractivity contribution in [3.63, 3.8) is 0 Å². The minimum atomic E-state index is -0.433. The molecule has 0 radical (unpaired) electrons. The minimum absolute atomic E-state index is 0.129. The van der Waals surface area contributed by atoms with Crippen molar-refractivity contribution < 1.29 is 9.90 Å². The summed E-state index contributed by atoms with van der Waals surface area (Å²) in [6.45, 7) is 0. The molecule has 25 heavy (non-hydrogen) atoms. The van der Waals surface area contributed by atoms with Crippen molar-refractivity contribution in [2.45, 2.75) is 0 Å². The highest BCUT2D eigenvalue weighted by Gasteiger charge is 2.33. The standard InChI is InChI=1S/C18H9Cl3N2O2/c19-10-4-1-8(2-5-10)15-13-14(18(25)22-15)16(23-17(13)24)9-3-6-11(20)12(21)7-9/h1-7,23-24H. The van der Waals surface area contributed by atoms with Crippen molar-refractivity contribution in [3.05, 3.63) is 74.2 Å². The number of fused-ring (bicyclic) bond motifs is 1. The summed E-state index contributed by atoms with van der Waals surface area (Å²) in [5.74, 6) is -0.562. The number of aromatic amines is 1. The van der Waals surface area contributed by atoms with Crippen molar-refractivity contribution in [2.24, 2.45) is 4.99 Å². The Morgan fingerprint density at radius 1 is 0.880 bits per heavy atom. The molecule has 4 rings (SSSR count). The van der Waals surface area contributed by atoms with E-state index in [-0.39, 0.29) is 5.88 Å². The number of halogens is 3. The Bertz CT molecular complexity index is 1050. The number of carbonyl (C=O) groups excluding carboxylic acids is 1. The molecule has 2 heterocycles. The molecule has 0 unspecified atom stereocenters. The number of carbonyl (C=O) groups is 1. The number of benzene rings is 2. The second-order valence-corrected chi connectivity index (χ2v) is 6.75. The molecule has 0 bridgehead atoms. The van der Waals surface area contributed by atoms with Crippen LogP contribution in [-0.2, 0) is 0 Å². The largest absolute Gasteiger partial charge is 0.494 e. The van der Waals surface area contributed by atoms with E-state index in [2.05, 4.69) is 9.98 Å². The van der Waals surface area contributed by atoms with Crippen LogP contribution in [0.4, 0.5) is 0 Å². The summed E-state index contributed by atoms with van der Waals surface area (Å²) in [7, 11) is 0. The normalized spacial score (nSPS) is 13.1. The minimum Gasteiger partial charge on any atom is -0.494 e. The Balaban J connectivity index is 1.88. The smallest absolute Gasteiger partial charge is 0.280 e. The Labute approximate surface area is 157 Å². The molecule has 0 saturated carbocycles. The summed E-state index contributed by atoms with van der Waals surface area (Å²) in [6, 6.07) is 11.9. The SMILES string of the molecule is O=C1N=C(c2ccc(Cl)cc2)c2c(O)[nH]c(-c3ccc(Cl)c(Cl)c3)c21. The van der Waals surface area contributed by atoms with Crippen LogP contribution in [0.3, 0.4) is 0 Å². The van der Waals surface area contributed by atoms with Gasteiger partial charge in [-0.05, 0) is 24.3 Å². The number of amides is 1. The Morgan fingerprint density at radius 2 is 1.56 bits per heavy atom. The first-order valence-corrected chi connectivity index (χ1v) is 8.39. The maximum atomic E-state index is 12.5. The van der Waals surface area contributed by atoms with Crippen molar-refractivity contribution in [1.82, 2.24) is 4.98 Å². The number of aliphatic imine (C=N–C) groups is 1. The molecule has 124 valence electrons. The highest BCUT2D eigenvalue weighted by molar-refractivity contribution is 6.42. The van der Waals surface area contributed by atoms with Crippen LogP contribution in [-0.4, -0.2) is 21.7 Å². The van der Waals surface area contributed by atoms with E-state index in [1.165, 1.54) is 0 Å². The van der Waals surface area contributed by atoms with Gasteiger partial charge in [0.05, 0.1) is 32.6 Å². The molecule has 0 spiro atoms. The fourth-order valence-electron chi connectivity index (χ4n) is 2.83. The molecule has 0 fully saturated rings. The van der Waals surface area contributed by atoms with Gasteiger partial charge >= 0.3 is 0 Å². The number of aromatic nitrogens is 1. The van der Waals surface area contributed by atoms with Crippen LogP contribution in [0.25, 0.3) is 11.3 Å². The molecule has 0 atom stereocenters. The third kappa shape index (κ3) is 2.63. The molecule has 4 nitrogen and oxygen atoms in total. The highest BCUT2D eigenvalue weighted by Crippen LogP contribution is 2.39. The lowest BCUT2D eigenvalue weighted by molar-refractivity contribution is 0.101.